The molecule has 1 saturated heterocycles. The van der Waals surface area contributed by atoms with Gasteiger partial charge in [0.1, 0.15) is 0 Å². The zero-order valence-electron chi connectivity index (χ0n) is 16.8. The summed E-state index contributed by atoms with van der Waals surface area (Å²) in [6.07, 6.45) is 12.1. The van der Waals surface area contributed by atoms with E-state index in [-0.39, 0.29) is 36.0 Å². The van der Waals surface area contributed by atoms with Crippen molar-refractivity contribution in [1.29, 1.82) is 0 Å². The second kappa shape index (κ2) is 9.16. The molecular formula is C21H38IN3O2. The molecule has 4 bridgehead atoms. The van der Waals surface area contributed by atoms with Crippen LogP contribution in [0.5, 0.6) is 0 Å². The smallest absolute Gasteiger partial charge is 0.190 e. The molecule has 1 atom stereocenters. The van der Waals surface area contributed by atoms with Gasteiger partial charge in [0.25, 0.3) is 0 Å². The summed E-state index contributed by atoms with van der Waals surface area (Å²) in [6, 6.07) is 0. The van der Waals surface area contributed by atoms with Crippen LogP contribution in [-0.2, 0) is 4.74 Å². The van der Waals surface area contributed by atoms with Crippen LogP contribution < -0.4 is 10.6 Å². The summed E-state index contributed by atoms with van der Waals surface area (Å²) in [5.41, 5.74) is 0.685. The largest absolute Gasteiger partial charge is 0.396 e. The summed E-state index contributed by atoms with van der Waals surface area (Å²) in [4.78, 5) is 4.42. The first kappa shape index (κ1) is 21.6. The van der Waals surface area contributed by atoms with Gasteiger partial charge in [0.05, 0.1) is 6.61 Å². The molecule has 0 radical (unpaired) electrons. The molecule has 156 valence electrons. The van der Waals surface area contributed by atoms with E-state index in [2.05, 4.69) is 15.6 Å². The van der Waals surface area contributed by atoms with Crippen molar-refractivity contribution in [2.45, 2.75) is 57.8 Å². The van der Waals surface area contributed by atoms with Crippen molar-refractivity contribution in [3.63, 3.8) is 0 Å². The highest BCUT2D eigenvalue weighted by Gasteiger charge is 2.50. The molecule has 4 saturated carbocycles. The number of aliphatic hydroxyl groups is 1. The first-order valence-corrected chi connectivity index (χ1v) is 10.8. The van der Waals surface area contributed by atoms with Crippen LogP contribution in [0.3, 0.4) is 0 Å². The highest BCUT2D eigenvalue weighted by Crippen LogP contribution is 2.61. The van der Waals surface area contributed by atoms with Crippen LogP contribution in [0.4, 0.5) is 0 Å². The molecule has 0 aromatic carbocycles. The first-order chi connectivity index (χ1) is 12.6. The lowest BCUT2D eigenvalue weighted by atomic mass is 9.49. The van der Waals surface area contributed by atoms with Gasteiger partial charge in [0, 0.05) is 38.8 Å². The van der Waals surface area contributed by atoms with E-state index < -0.39 is 0 Å². The SMILES string of the molecule is CN=C(NCCC12CC3CC(CC(C3)C1)C2)NCC1(CCO)CCOC1.I. The van der Waals surface area contributed by atoms with E-state index in [9.17, 15) is 5.11 Å². The predicted octanol–water partition coefficient (Wildman–Crippen LogP) is 3.17. The Bertz CT molecular complexity index is 484. The van der Waals surface area contributed by atoms with E-state index in [1.165, 1.54) is 44.9 Å². The van der Waals surface area contributed by atoms with E-state index in [1.54, 1.807) is 0 Å². The number of nitrogens with one attached hydrogen (secondary N) is 2. The Morgan fingerprint density at radius 1 is 1.07 bits per heavy atom. The average Bonchev–Trinajstić information content (AvgIpc) is 3.06. The van der Waals surface area contributed by atoms with Crippen molar-refractivity contribution < 1.29 is 9.84 Å². The standard InChI is InChI=1S/C21H37N3O2.HI/c1-22-19(24-14-20(3-6-25)4-7-26-15-20)23-5-2-21-11-16-8-17(12-21)10-18(9-16)13-21;/h16-18,25H,2-15H2,1H3,(H2,22,23,24);1H. The Kier molecular flexibility index (Phi) is 7.34. The molecular weight excluding hydrogens is 453 g/mol. The highest BCUT2D eigenvalue weighted by atomic mass is 127. The van der Waals surface area contributed by atoms with Crippen molar-refractivity contribution in [3.05, 3.63) is 0 Å². The third-order valence-electron chi connectivity index (χ3n) is 7.79. The number of nitrogens with zero attached hydrogens (tertiary/aromatic N) is 1. The highest BCUT2D eigenvalue weighted by molar-refractivity contribution is 14.0. The minimum absolute atomic E-state index is 0. The minimum atomic E-state index is 0. The molecule has 0 aromatic rings. The van der Waals surface area contributed by atoms with Gasteiger partial charge in [0.2, 0.25) is 0 Å². The van der Waals surface area contributed by atoms with Gasteiger partial charge in [-0.05, 0) is 81.0 Å². The predicted molar refractivity (Wildman–Crippen MR) is 120 cm³/mol. The number of hydrogen-bond acceptors (Lipinski definition) is 3. The lowest BCUT2D eigenvalue weighted by Gasteiger charge is -2.57. The van der Waals surface area contributed by atoms with Crippen molar-refractivity contribution in [2.24, 2.45) is 33.6 Å². The fourth-order valence-corrected chi connectivity index (χ4v) is 6.85. The Balaban J connectivity index is 0.00000210. The molecule has 5 fully saturated rings. The second-order valence-corrected chi connectivity index (χ2v) is 9.80. The number of rotatable bonds is 7. The van der Waals surface area contributed by atoms with Crippen LogP contribution in [0.2, 0.25) is 0 Å². The van der Waals surface area contributed by atoms with Crippen molar-refractivity contribution >= 4 is 29.9 Å². The van der Waals surface area contributed by atoms with Crippen molar-refractivity contribution in [2.75, 3.05) is 40.0 Å². The average molecular weight is 491 g/mol. The maximum Gasteiger partial charge on any atom is 0.190 e. The zero-order valence-corrected chi connectivity index (χ0v) is 19.2. The summed E-state index contributed by atoms with van der Waals surface area (Å²) >= 11 is 0. The van der Waals surface area contributed by atoms with Crippen LogP contribution in [0.1, 0.15) is 57.8 Å². The Labute approximate surface area is 181 Å². The van der Waals surface area contributed by atoms with Crippen LogP contribution in [0, 0.1) is 28.6 Å². The van der Waals surface area contributed by atoms with Gasteiger partial charge in [-0.2, -0.15) is 0 Å². The fraction of sp³-hybridized carbons (Fsp3) is 0.952. The van der Waals surface area contributed by atoms with Crippen LogP contribution in [-0.4, -0.2) is 51.0 Å². The Hall–Kier alpha value is -0.0800. The van der Waals surface area contributed by atoms with Gasteiger partial charge < -0.3 is 20.5 Å². The van der Waals surface area contributed by atoms with Gasteiger partial charge in [-0.3, -0.25) is 4.99 Å². The molecule has 0 spiro atoms. The van der Waals surface area contributed by atoms with E-state index in [1.807, 2.05) is 7.05 Å². The number of guanidine groups is 1. The molecule has 1 aliphatic heterocycles. The number of aliphatic imine (C=N–C) groups is 1. The maximum atomic E-state index is 9.38. The summed E-state index contributed by atoms with van der Waals surface area (Å²) in [7, 11) is 1.85. The zero-order chi connectivity index (χ0) is 18.0. The molecule has 27 heavy (non-hydrogen) atoms. The minimum Gasteiger partial charge on any atom is -0.396 e. The summed E-state index contributed by atoms with van der Waals surface area (Å²) in [6.45, 7) is 3.62. The normalized spacial score (nSPS) is 40.1. The number of ether oxygens (including phenoxy) is 1. The molecule has 5 nitrogen and oxygen atoms in total. The van der Waals surface area contributed by atoms with E-state index in [0.29, 0.717) is 5.41 Å². The molecule has 4 aliphatic carbocycles. The van der Waals surface area contributed by atoms with Gasteiger partial charge in [0.15, 0.2) is 5.96 Å². The van der Waals surface area contributed by atoms with Crippen LogP contribution in [0.25, 0.3) is 0 Å². The van der Waals surface area contributed by atoms with E-state index in [0.717, 1.165) is 62.9 Å². The molecule has 6 heteroatoms. The Morgan fingerprint density at radius 3 is 2.26 bits per heavy atom. The third-order valence-corrected chi connectivity index (χ3v) is 7.79. The molecule has 0 aromatic heterocycles. The number of halogens is 1. The van der Waals surface area contributed by atoms with Gasteiger partial charge in [-0.25, -0.2) is 0 Å². The molecule has 3 N–H and O–H groups in total. The molecule has 1 unspecified atom stereocenters. The van der Waals surface area contributed by atoms with Crippen molar-refractivity contribution in [1.82, 2.24) is 10.6 Å². The quantitative estimate of drug-likeness (QED) is 0.291. The maximum absolute atomic E-state index is 9.38. The molecule has 1 heterocycles. The molecule has 5 rings (SSSR count). The molecule has 0 amide bonds. The molecule has 5 aliphatic rings. The lowest BCUT2D eigenvalue weighted by molar-refractivity contribution is -0.0562. The second-order valence-electron chi connectivity index (χ2n) is 9.80. The van der Waals surface area contributed by atoms with Crippen LogP contribution >= 0.6 is 24.0 Å². The van der Waals surface area contributed by atoms with Crippen molar-refractivity contribution in [3.8, 4) is 0 Å². The summed E-state index contributed by atoms with van der Waals surface area (Å²) in [5.74, 6) is 3.98. The monoisotopic (exact) mass is 491 g/mol. The topological polar surface area (TPSA) is 65.9 Å². The van der Waals surface area contributed by atoms with E-state index >= 15 is 0 Å². The lowest BCUT2D eigenvalue weighted by Crippen LogP contribution is -2.48. The van der Waals surface area contributed by atoms with E-state index in [4.69, 9.17) is 4.74 Å². The Morgan fingerprint density at radius 2 is 1.74 bits per heavy atom. The summed E-state index contributed by atoms with van der Waals surface area (Å²) in [5, 5.41) is 16.4. The third kappa shape index (κ3) is 4.92. The summed E-state index contributed by atoms with van der Waals surface area (Å²) < 4.78 is 5.59. The van der Waals surface area contributed by atoms with Crippen LogP contribution in [0.15, 0.2) is 4.99 Å². The van der Waals surface area contributed by atoms with Gasteiger partial charge in [-0.15, -0.1) is 24.0 Å². The van der Waals surface area contributed by atoms with Gasteiger partial charge in [-0.1, -0.05) is 0 Å². The van der Waals surface area contributed by atoms with Gasteiger partial charge >= 0.3 is 0 Å². The first-order valence-electron chi connectivity index (χ1n) is 10.8. The fourth-order valence-electron chi connectivity index (χ4n) is 6.85. The number of hydrogen-bond donors (Lipinski definition) is 3. The number of aliphatic hydroxyl groups excluding tert-OH is 1.